The van der Waals surface area contributed by atoms with Gasteiger partial charge in [0.2, 0.25) is 0 Å². The third-order valence-corrected chi connectivity index (χ3v) is 2.66. The molecule has 16 heavy (non-hydrogen) atoms. The Bertz CT molecular complexity index is 483. The molecule has 0 atom stereocenters. The summed E-state index contributed by atoms with van der Waals surface area (Å²) in [5.41, 5.74) is 2.05. The van der Waals surface area contributed by atoms with Crippen LogP contribution in [0, 0.1) is 0 Å². The van der Waals surface area contributed by atoms with Crippen LogP contribution in [-0.2, 0) is 5.33 Å². The second-order valence-corrected chi connectivity index (χ2v) is 3.66. The predicted molar refractivity (Wildman–Crippen MR) is 63.4 cm³/mol. The van der Waals surface area contributed by atoms with Crippen molar-refractivity contribution < 1.29 is 4.79 Å². The van der Waals surface area contributed by atoms with Crippen molar-refractivity contribution in [2.45, 2.75) is 5.33 Å². The minimum absolute atomic E-state index is 0.268. The third kappa shape index (κ3) is 2.27. The van der Waals surface area contributed by atoms with E-state index >= 15 is 0 Å². The van der Waals surface area contributed by atoms with Crippen LogP contribution >= 0.6 is 15.9 Å². The highest BCUT2D eigenvalue weighted by Crippen LogP contribution is 2.18. The Labute approximate surface area is 100 Å². The van der Waals surface area contributed by atoms with Gasteiger partial charge in [-0.15, -0.1) is 0 Å². The average Bonchev–Trinajstić information content (AvgIpc) is 2.83. The Morgan fingerprint density at radius 2 is 2.25 bits per heavy atom. The third-order valence-electron chi connectivity index (χ3n) is 2.06. The van der Waals surface area contributed by atoms with E-state index in [1.807, 2.05) is 24.3 Å². The van der Waals surface area contributed by atoms with Crippen molar-refractivity contribution in [1.82, 2.24) is 15.4 Å². The van der Waals surface area contributed by atoms with Gasteiger partial charge in [-0.1, -0.05) is 34.1 Å². The SMILES string of the molecule is O=C(Nc1ccccc1CBr)c1cn[nH]n1. The number of alkyl halides is 1. The molecule has 0 spiro atoms. The lowest BCUT2D eigenvalue weighted by Gasteiger charge is -2.07. The van der Waals surface area contributed by atoms with E-state index < -0.39 is 0 Å². The number of rotatable bonds is 3. The zero-order chi connectivity index (χ0) is 11.4. The molecular formula is C10H9BrN4O. The van der Waals surface area contributed by atoms with Crippen molar-refractivity contribution in [1.29, 1.82) is 0 Å². The van der Waals surface area contributed by atoms with Gasteiger partial charge in [0, 0.05) is 11.0 Å². The van der Waals surface area contributed by atoms with Crippen molar-refractivity contribution in [3.05, 3.63) is 41.7 Å². The summed E-state index contributed by atoms with van der Waals surface area (Å²) < 4.78 is 0. The first kappa shape index (κ1) is 10.8. The second-order valence-electron chi connectivity index (χ2n) is 3.10. The zero-order valence-electron chi connectivity index (χ0n) is 8.27. The number of para-hydroxylation sites is 1. The molecule has 2 N–H and O–H groups in total. The van der Waals surface area contributed by atoms with E-state index in [2.05, 4.69) is 36.7 Å². The van der Waals surface area contributed by atoms with Crippen molar-refractivity contribution >= 4 is 27.5 Å². The van der Waals surface area contributed by atoms with Crippen LogP contribution in [0.4, 0.5) is 5.69 Å². The van der Waals surface area contributed by atoms with Crippen LogP contribution in [0.25, 0.3) is 0 Å². The number of hydrogen-bond donors (Lipinski definition) is 2. The molecule has 2 rings (SSSR count). The molecule has 0 aliphatic carbocycles. The zero-order valence-corrected chi connectivity index (χ0v) is 9.86. The number of halogens is 1. The molecule has 0 unspecified atom stereocenters. The standard InChI is InChI=1S/C10H9BrN4O/c11-5-7-3-1-2-4-8(7)13-10(16)9-6-12-15-14-9/h1-4,6H,5H2,(H,13,16)(H,12,14,15). The van der Waals surface area contributed by atoms with Crippen LogP contribution < -0.4 is 5.32 Å². The lowest BCUT2D eigenvalue weighted by Crippen LogP contribution is -2.13. The summed E-state index contributed by atoms with van der Waals surface area (Å²) in [6, 6.07) is 7.56. The molecule has 0 radical (unpaired) electrons. The number of amides is 1. The molecule has 0 bridgehead atoms. The fourth-order valence-corrected chi connectivity index (χ4v) is 1.75. The quantitative estimate of drug-likeness (QED) is 0.845. The number of H-pyrrole nitrogens is 1. The molecule has 0 aliphatic heterocycles. The number of carbonyl (C=O) groups excluding carboxylic acids is 1. The molecule has 0 saturated heterocycles. The van der Waals surface area contributed by atoms with E-state index in [1.54, 1.807) is 0 Å². The Morgan fingerprint density at radius 1 is 1.44 bits per heavy atom. The summed E-state index contributed by atoms with van der Waals surface area (Å²) in [6.45, 7) is 0. The predicted octanol–water partition coefficient (Wildman–Crippen LogP) is 1.95. The Hall–Kier alpha value is -1.69. The maximum atomic E-state index is 11.7. The molecule has 1 heterocycles. The number of benzene rings is 1. The van der Waals surface area contributed by atoms with Crippen LogP contribution in [-0.4, -0.2) is 21.3 Å². The largest absolute Gasteiger partial charge is 0.320 e. The number of nitrogens with one attached hydrogen (secondary N) is 2. The summed E-state index contributed by atoms with van der Waals surface area (Å²) in [5.74, 6) is -0.276. The number of aromatic nitrogens is 3. The fraction of sp³-hybridized carbons (Fsp3) is 0.100. The van der Waals surface area contributed by atoms with Crippen LogP contribution in [0.3, 0.4) is 0 Å². The average molecular weight is 281 g/mol. The maximum Gasteiger partial charge on any atom is 0.277 e. The summed E-state index contributed by atoms with van der Waals surface area (Å²) in [7, 11) is 0. The molecule has 0 aliphatic rings. The second kappa shape index (κ2) is 4.89. The van der Waals surface area contributed by atoms with E-state index in [4.69, 9.17) is 0 Å². The number of hydrogen-bond acceptors (Lipinski definition) is 3. The van der Waals surface area contributed by atoms with E-state index in [1.165, 1.54) is 6.20 Å². The molecule has 5 nitrogen and oxygen atoms in total. The van der Waals surface area contributed by atoms with Gasteiger partial charge < -0.3 is 5.32 Å². The van der Waals surface area contributed by atoms with Crippen molar-refractivity contribution in [2.24, 2.45) is 0 Å². The highest BCUT2D eigenvalue weighted by molar-refractivity contribution is 9.08. The number of carbonyl (C=O) groups is 1. The summed E-state index contributed by atoms with van der Waals surface area (Å²) >= 11 is 3.36. The van der Waals surface area contributed by atoms with Gasteiger partial charge in [-0.05, 0) is 11.6 Å². The Morgan fingerprint density at radius 3 is 2.94 bits per heavy atom. The molecule has 0 saturated carbocycles. The molecule has 6 heteroatoms. The molecule has 1 amide bonds. The van der Waals surface area contributed by atoms with Gasteiger partial charge in [-0.25, -0.2) is 0 Å². The molecule has 82 valence electrons. The first-order valence-electron chi connectivity index (χ1n) is 4.62. The van der Waals surface area contributed by atoms with Gasteiger partial charge in [-0.2, -0.15) is 15.4 Å². The van der Waals surface area contributed by atoms with Crippen LogP contribution in [0.2, 0.25) is 0 Å². The first-order chi connectivity index (χ1) is 7.81. The number of anilines is 1. The molecule has 1 aromatic heterocycles. The van der Waals surface area contributed by atoms with Gasteiger partial charge in [-0.3, -0.25) is 4.79 Å². The van der Waals surface area contributed by atoms with Gasteiger partial charge in [0.05, 0.1) is 6.20 Å². The number of aromatic amines is 1. The Kier molecular flexibility index (Phi) is 3.31. The lowest BCUT2D eigenvalue weighted by atomic mass is 10.2. The fourth-order valence-electron chi connectivity index (χ4n) is 1.26. The van der Waals surface area contributed by atoms with Crippen LogP contribution in [0.5, 0.6) is 0 Å². The first-order valence-corrected chi connectivity index (χ1v) is 5.74. The van der Waals surface area contributed by atoms with E-state index in [-0.39, 0.29) is 11.6 Å². The summed E-state index contributed by atoms with van der Waals surface area (Å²) in [5, 5.41) is 13.1. The normalized spacial score (nSPS) is 10.1. The minimum Gasteiger partial charge on any atom is -0.320 e. The number of nitrogens with zero attached hydrogens (tertiary/aromatic N) is 2. The summed E-state index contributed by atoms with van der Waals surface area (Å²) in [4.78, 5) is 11.7. The van der Waals surface area contributed by atoms with Crippen molar-refractivity contribution in [2.75, 3.05) is 5.32 Å². The van der Waals surface area contributed by atoms with Crippen LogP contribution in [0.15, 0.2) is 30.5 Å². The molecule has 1 aromatic carbocycles. The van der Waals surface area contributed by atoms with Crippen molar-refractivity contribution in [3.8, 4) is 0 Å². The molecule has 0 fully saturated rings. The van der Waals surface area contributed by atoms with Gasteiger partial charge in [0.25, 0.3) is 5.91 Å². The van der Waals surface area contributed by atoms with Crippen LogP contribution in [0.1, 0.15) is 16.1 Å². The molecular weight excluding hydrogens is 272 g/mol. The lowest BCUT2D eigenvalue weighted by molar-refractivity contribution is 0.102. The highest BCUT2D eigenvalue weighted by atomic mass is 79.9. The molecule has 2 aromatic rings. The van der Waals surface area contributed by atoms with E-state index in [0.717, 1.165) is 11.3 Å². The highest BCUT2D eigenvalue weighted by Gasteiger charge is 2.10. The van der Waals surface area contributed by atoms with Gasteiger partial charge >= 0.3 is 0 Å². The van der Waals surface area contributed by atoms with E-state index in [0.29, 0.717) is 5.33 Å². The van der Waals surface area contributed by atoms with Gasteiger partial charge in [0.15, 0.2) is 5.69 Å². The summed E-state index contributed by atoms with van der Waals surface area (Å²) in [6.07, 6.45) is 1.38. The van der Waals surface area contributed by atoms with Gasteiger partial charge in [0.1, 0.15) is 0 Å². The topological polar surface area (TPSA) is 70.7 Å². The minimum atomic E-state index is -0.276. The monoisotopic (exact) mass is 280 g/mol. The van der Waals surface area contributed by atoms with E-state index in [9.17, 15) is 4.79 Å². The smallest absolute Gasteiger partial charge is 0.277 e. The Balaban J connectivity index is 2.18. The van der Waals surface area contributed by atoms with Crippen molar-refractivity contribution in [3.63, 3.8) is 0 Å². The maximum absolute atomic E-state index is 11.7.